The van der Waals surface area contributed by atoms with E-state index in [2.05, 4.69) is 37.4 Å². The van der Waals surface area contributed by atoms with Crippen molar-refractivity contribution in [3.63, 3.8) is 0 Å². The number of hydrogen-bond acceptors (Lipinski definition) is 5. The summed E-state index contributed by atoms with van der Waals surface area (Å²) in [6.45, 7) is 6.12. The zero-order chi connectivity index (χ0) is 13.2. The van der Waals surface area contributed by atoms with Gasteiger partial charge < -0.3 is 0 Å². The molecule has 0 amide bonds. The molecule has 1 atom stereocenters. The molecule has 0 saturated carbocycles. The van der Waals surface area contributed by atoms with Crippen LogP contribution in [0.4, 0.5) is 0 Å². The zero-order valence-corrected chi connectivity index (χ0v) is 12.2. The third kappa shape index (κ3) is 2.69. The lowest BCUT2D eigenvalue weighted by atomic mass is 10.2. The molecule has 2 aromatic rings. The first-order chi connectivity index (χ1) is 9.26. The molecule has 1 N–H and O–H groups in total. The molecule has 0 radical (unpaired) electrons. The number of aromatic nitrogens is 4. The van der Waals surface area contributed by atoms with Gasteiger partial charge in [0.1, 0.15) is 5.82 Å². The molecule has 5 nitrogen and oxygen atoms in total. The Hall–Kier alpha value is -1.27. The van der Waals surface area contributed by atoms with Crippen LogP contribution in [0.2, 0.25) is 0 Å². The molecule has 6 heteroatoms. The molecule has 1 saturated heterocycles. The second kappa shape index (κ2) is 5.38. The van der Waals surface area contributed by atoms with Gasteiger partial charge in [-0.1, -0.05) is 6.92 Å². The van der Waals surface area contributed by atoms with Crippen LogP contribution >= 0.6 is 11.3 Å². The Labute approximate surface area is 117 Å². The standard InChI is InChI=1S/C13H19N5S/c1-3-12-15-10(8-19-12)7-18-6-4-5-11(18)13-14-9(2)16-17-13/h8,11H,3-7H2,1-2H3,(H,14,16,17). The molecule has 1 aliphatic heterocycles. The minimum atomic E-state index is 0.344. The van der Waals surface area contributed by atoms with Gasteiger partial charge >= 0.3 is 0 Å². The lowest BCUT2D eigenvalue weighted by molar-refractivity contribution is 0.237. The lowest BCUT2D eigenvalue weighted by Gasteiger charge is -2.20. The van der Waals surface area contributed by atoms with E-state index in [9.17, 15) is 0 Å². The normalized spacial score (nSPS) is 20.2. The Kier molecular flexibility index (Phi) is 3.61. The van der Waals surface area contributed by atoms with Gasteiger partial charge in [0.2, 0.25) is 0 Å². The van der Waals surface area contributed by atoms with Crippen LogP contribution in [0.5, 0.6) is 0 Å². The third-order valence-electron chi connectivity index (χ3n) is 3.54. The molecule has 0 aliphatic carbocycles. The van der Waals surface area contributed by atoms with Gasteiger partial charge in [-0.25, -0.2) is 9.97 Å². The van der Waals surface area contributed by atoms with Crippen LogP contribution in [-0.2, 0) is 13.0 Å². The quantitative estimate of drug-likeness (QED) is 0.932. The molecule has 1 unspecified atom stereocenters. The fraction of sp³-hybridized carbons (Fsp3) is 0.615. The monoisotopic (exact) mass is 277 g/mol. The Morgan fingerprint density at radius 1 is 1.47 bits per heavy atom. The molecule has 3 rings (SSSR count). The van der Waals surface area contributed by atoms with Crippen molar-refractivity contribution in [1.82, 2.24) is 25.1 Å². The van der Waals surface area contributed by atoms with Crippen LogP contribution in [0.1, 0.15) is 48.2 Å². The predicted molar refractivity (Wildman–Crippen MR) is 75.0 cm³/mol. The van der Waals surface area contributed by atoms with Crippen LogP contribution in [-0.4, -0.2) is 31.6 Å². The predicted octanol–water partition coefficient (Wildman–Crippen LogP) is 2.47. The maximum Gasteiger partial charge on any atom is 0.167 e. The Bertz CT molecular complexity index is 547. The van der Waals surface area contributed by atoms with Crippen LogP contribution < -0.4 is 0 Å². The van der Waals surface area contributed by atoms with Crippen LogP contribution in [0.15, 0.2) is 5.38 Å². The van der Waals surface area contributed by atoms with Crippen LogP contribution in [0.3, 0.4) is 0 Å². The third-order valence-corrected chi connectivity index (χ3v) is 4.59. The number of aromatic amines is 1. The molecular weight excluding hydrogens is 258 g/mol. The molecule has 19 heavy (non-hydrogen) atoms. The molecule has 1 fully saturated rings. The summed E-state index contributed by atoms with van der Waals surface area (Å²) in [7, 11) is 0. The van der Waals surface area contributed by atoms with E-state index in [1.165, 1.54) is 17.1 Å². The van der Waals surface area contributed by atoms with Crippen LogP contribution in [0.25, 0.3) is 0 Å². The molecular formula is C13H19N5S. The molecule has 1 aliphatic rings. The highest BCUT2D eigenvalue weighted by atomic mass is 32.1. The Balaban J connectivity index is 1.72. The van der Waals surface area contributed by atoms with Gasteiger partial charge in [-0.15, -0.1) is 11.3 Å². The largest absolute Gasteiger partial charge is 0.287 e. The lowest BCUT2D eigenvalue weighted by Crippen LogP contribution is -2.23. The summed E-state index contributed by atoms with van der Waals surface area (Å²) in [6, 6.07) is 0.344. The van der Waals surface area contributed by atoms with Gasteiger partial charge in [-0.05, 0) is 32.7 Å². The average molecular weight is 277 g/mol. The number of likely N-dealkylation sites (tertiary alicyclic amines) is 1. The van der Waals surface area contributed by atoms with Gasteiger partial charge in [0, 0.05) is 11.9 Å². The van der Waals surface area contributed by atoms with Crippen molar-refractivity contribution in [3.05, 3.63) is 27.7 Å². The molecule has 0 aromatic carbocycles. The van der Waals surface area contributed by atoms with E-state index in [4.69, 9.17) is 0 Å². The zero-order valence-electron chi connectivity index (χ0n) is 11.4. The number of aryl methyl sites for hydroxylation is 2. The smallest absolute Gasteiger partial charge is 0.167 e. The van der Waals surface area contributed by atoms with Crippen molar-refractivity contribution in [3.8, 4) is 0 Å². The second-order valence-electron chi connectivity index (χ2n) is 4.99. The van der Waals surface area contributed by atoms with Crippen molar-refractivity contribution in [2.75, 3.05) is 6.54 Å². The van der Waals surface area contributed by atoms with Crippen molar-refractivity contribution in [1.29, 1.82) is 0 Å². The maximum atomic E-state index is 4.65. The summed E-state index contributed by atoms with van der Waals surface area (Å²) in [5.74, 6) is 1.82. The number of rotatable bonds is 4. The highest BCUT2D eigenvalue weighted by molar-refractivity contribution is 7.09. The molecule has 0 spiro atoms. The molecule has 102 valence electrons. The summed E-state index contributed by atoms with van der Waals surface area (Å²) in [5.41, 5.74) is 1.18. The Morgan fingerprint density at radius 2 is 2.37 bits per heavy atom. The number of thiazole rings is 1. The Morgan fingerprint density at radius 3 is 3.05 bits per heavy atom. The average Bonchev–Trinajstić information content (AvgIpc) is 3.10. The van der Waals surface area contributed by atoms with Gasteiger partial charge in [0.05, 0.1) is 16.7 Å². The van der Waals surface area contributed by atoms with E-state index >= 15 is 0 Å². The summed E-state index contributed by atoms with van der Waals surface area (Å²) < 4.78 is 0. The van der Waals surface area contributed by atoms with Crippen molar-refractivity contribution < 1.29 is 0 Å². The minimum absolute atomic E-state index is 0.344. The molecule has 3 heterocycles. The fourth-order valence-corrected chi connectivity index (χ4v) is 3.34. The van der Waals surface area contributed by atoms with Crippen molar-refractivity contribution in [2.45, 2.75) is 45.7 Å². The van der Waals surface area contributed by atoms with E-state index in [-0.39, 0.29) is 0 Å². The van der Waals surface area contributed by atoms with Crippen molar-refractivity contribution >= 4 is 11.3 Å². The highest BCUT2D eigenvalue weighted by Gasteiger charge is 2.29. The fourth-order valence-electron chi connectivity index (χ4n) is 2.61. The van der Waals surface area contributed by atoms with Gasteiger partial charge in [-0.2, -0.15) is 5.10 Å². The van der Waals surface area contributed by atoms with Gasteiger partial charge in [0.15, 0.2) is 5.82 Å². The first kappa shape index (κ1) is 12.7. The minimum Gasteiger partial charge on any atom is -0.287 e. The SMILES string of the molecule is CCc1nc(CN2CCCC2c2n[nH]c(C)n2)cs1. The van der Waals surface area contributed by atoms with E-state index in [1.807, 2.05) is 6.92 Å². The van der Waals surface area contributed by atoms with Gasteiger partial charge in [0.25, 0.3) is 0 Å². The molecule has 2 aromatic heterocycles. The van der Waals surface area contributed by atoms with E-state index in [1.54, 1.807) is 11.3 Å². The second-order valence-corrected chi connectivity index (χ2v) is 5.94. The van der Waals surface area contributed by atoms with E-state index in [0.717, 1.165) is 37.6 Å². The van der Waals surface area contributed by atoms with Gasteiger partial charge in [-0.3, -0.25) is 10.00 Å². The summed E-state index contributed by atoms with van der Waals surface area (Å²) in [6.07, 6.45) is 3.37. The van der Waals surface area contributed by atoms with Crippen LogP contribution in [0, 0.1) is 6.92 Å². The van der Waals surface area contributed by atoms with Crippen molar-refractivity contribution in [2.24, 2.45) is 0 Å². The number of H-pyrrole nitrogens is 1. The number of nitrogens with one attached hydrogen (secondary N) is 1. The summed E-state index contributed by atoms with van der Waals surface area (Å²) in [5, 5.41) is 10.7. The topological polar surface area (TPSA) is 57.7 Å². The number of hydrogen-bond donors (Lipinski definition) is 1. The number of nitrogens with zero attached hydrogens (tertiary/aromatic N) is 4. The van der Waals surface area contributed by atoms with E-state index in [0.29, 0.717) is 6.04 Å². The van der Waals surface area contributed by atoms with E-state index < -0.39 is 0 Å². The summed E-state index contributed by atoms with van der Waals surface area (Å²) >= 11 is 1.76. The first-order valence-corrected chi connectivity index (χ1v) is 7.70. The summed E-state index contributed by atoms with van der Waals surface area (Å²) in [4.78, 5) is 11.6. The molecule has 0 bridgehead atoms. The highest BCUT2D eigenvalue weighted by Crippen LogP contribution is 2.31. The first-order valence-electron chi connectivity index (χ1n) is 6.82. The maximum absolute atomic E-state index is 4.65.